The summed E-state index contributed by atoms with van der Waals surface area (Å²) in [6.45, 7) is 4.21. The van der Waals surface area contributed by atoms with Gasteiger partial charge in [0.05, 0.1) is 6.61 Å². The molecule has 0 bridgehead atoms. The van der Waals surface area contributed by atoms with Crippen LogP contribution < -0.4 is 10.1 Å². The summed E-state index contributed by atoms with van der Waals surface area (Å²) in [6, 6.07) is 7.35. The molecule has 1 aromatic carbocycles. The van der Waals surface area contributed by atoms with Gasteiger partial charge in [-0.3, -0.25) is 0 Å². The first-order valence-electron chi connectivity index (χ1n) is 8.43. The van der Waals surface area contributed by atoms with Crippen molar-refractivity contribution in [3.05, 3.63) is 29.3 Å². The summed E-state index contributed by atoms with van der Waals surface area (Å²) in [5, 5.41) is 3.78. The number of thioether (sulfide) groups is 1. The molecule has 2 nitrogen and oxygen atoms in total. The zero-order valence-electron chi connectivity index (χ0n) is 13.1. The van der Waals surface area contributed by atoms with Gasteiger partial charge >= 0.3 is 0 Å². The van der Waals surface area contributed by atoms with E-state index in [1.807, 2.05) is 0 Å². The van der Waals surface area contributed by atoms with E-state index in [9.17, 15) is 0 Å². The summed E-state index contributed by atoms with van der Waals surface area (Å²) in [5.74, 6) is 4.69. The van der Waals surface area contributed by atoms with Crippen LogP contribution in [-0.2, 0) is 6.42 Å². The van der Waals surface area contributed by atoms with Gasteiger partial charge in [0.15, 0.2) is 0 Å². The Balaban J connectivity index is 1.71. The predicted molar refractivity (Wildman–Crippen MR) is 91.3 cm³/mol. The van der Waals surface area contributed by atoms with Gasteiger partial charge in [-0.2, -0.15) is 11.8 Å². The number of nitrogens with one attached hydrogen (secondary N) is 1. The second kappa shape index (κ2) is 7.55. The number of benzene rings is 1. The maximum atomic E-state index is 5.64. The summed E-state index contributed by atoms with van der Waals surface area (Å²) >= 11 is 2.12. The Morgan fingerprint density at radius 1 is 1.33 bits per heavy atom. The highest BCUT2D eigenvalue weighted by Gasteiger charge is 2.21. The average Bonchev–Trinajstić information content (AvgIpc) is 3.00. The highest BCUT2D eigenvalue weighted by atomic mass is 32.2. The summed E-state index contributed by atoms with van der Waals surface area (Å²) in [4.78, 5) is 0. The molecule has 1 atom stereocenters. The van der Waals surface area contributed by atoms with Gasteiger partial charge < -0.3 is 10.1 Å². The molecule has 0 aliphatic carbocycles. The fourth-order valence-electron chi connectivity index (χ4n) is 3.39. The number of rotatable bonds is 6. The van der Waals surface area contributed by atoms with Gasteiger partial charge in [0.2, 0.25) is 0 Å². The molecular weight excluding hydrogens is 278 g/mol. The van der Waals surface area contributed by atoms with Crippen molar-refractivity contribution in [3.8, 4) is 5.75 Å². The lowest BCUT2D eigenvalue weighted by Gasteiger charge is -2.27. The van der Waals surface area contributed by atoms with Gasteiger partial charge in [0.25, 0.3) is 0 Å². The minimum Gasteiger partial charge on any atom is -0.493 e. The third kappa shape index (κ3) is 3.95. The van der Waals surface area contributed by atoms with Crippen molar-refractivity contribution in [2.75, 3.05) is 24.7 Å². The monoisotopic (exact) mass is 305 g/mol. The zero-order chi connectivity index (χ0) is 14.5. The molecule has 0 aromatic heterocycles. The average molecular weight is 305 g/mol. The van der Waals surface area contributed by atoms with Crippen molar-refractivity contribution in [2.24, 2.45) is 5.92 Å². The molecule has 116 valence electrons. The second-order valence-electron chi connectivity index (χ2n) is 6.26. The number of ether oxygens (including phenoxy) is 1. The maximum Gasteiger partial charge on any atom is 0.122 e. The van der Waals surface area contributed by atoms with Crippen molar-refractivity contribution in [1.82, 2.24) is 5.32 Å². The maximum absolute atomic E-state index is 5.64. The van der Waals surface area contributed by atoms with Gasteiger partial charge in [0, 0.05) is 12.5 Å². The van der Waals surface area contributed by atoms with E-state index in [1.54, 1.807) is 0 Å². The Hall–Kier alpha value is -0.670. The normalized spacial score (nSPS) is 20.0. The Morgan fingerprint density at radius 2 is 2.19 bits per heavy atom. The third-order valence-electron chi connectivity index (χ3n) is 4.67. The molecule has 21 heavy (non-hydrogen) atoms. The first kappa shape index (κ1) is 15.2. The van der Waals surface area contributed by atoms with Gasteiger partial charge in [-0.15, -0.1) is 0 Å². The highest BCUT2D eigenvalue weighted by molar-refractivity contribution is 7.99. The van der Waals surface area contributed by atoms with Crippen LogP contribution in [0.15, 0.2) is 18.2 Å². The SMILES string of the molecule is CCCNC(CC1CCSCC1)c1ccc2c(c1)CCO2. The first-order valence-corrected chi connectivity index (χ1v) is 9.59. The first-order chi connectivity index (χ1) is 10.4. The number of hydrogen-bond donors (Lipinski definition) is 1. The summed E-state index contributed by atoms with van der Waals surface area (Å²) in [6.07, 6.45) is 6.35. The molecular formula is C18H27NOS. The van der Waals surface area contributed by atoms with Gasteiger partial charge in [-0.05, 0) is 66.8 Å². The van der Waals surface area contributed by atoms with Crippen molar-refractivity contribution in [3.63, 3.8) is 0 Å². The van der Waals surface area contributed by atoms with Crippen LogP contribution in [0.2, 0.25) is 0 Å². The third-order valence-corrected chi connectivity index (χ3v) is 5.72. The van der Waals surface area contributed by atoms with E-state index in [4.69, 9.17) is 4.74 Å². The molecule has 0 spiro atoms. The van der Waals surface area contributed by atoms with Crippen LogP contribution in [0.1, 0.15) is 49.8 Å². The topological polar surface area (TPSA) is 21.3 Å². The van der Waals surface area contributed by atoms with E-state index in [1.165, 1.54) is 48.3 Å². The predicted octanol–water partition coefficient (Wildman–Crippen LogP) is 4.20. The summed E-state index contributed by atoms with van der Waals surface area (Å²) in [5.41, 5.74) is 2.86. The molecule has 1 aromatic rings. The summed E-state index contributed by atoms with van der Waals surface area (Å²) < 4.78 is 5.64. The summed E-state index contributed by atoms with van der Waals surface area (Å²) in [7, 11) is 0. The fourth-order valence-corrected chi connectivity index (χ4v) is 4.60. The fraction of sp³-hybridized carbons (Fsp3) is 0.667. The van der Waals surface area contributed by atoms with Crippen molar-refractivity contribution in [2.45, 2.75) is 45.1 Å². The van der Waals surface area contributed by atoms with Gasteiger partial charge in [-0.25, -0.2) is 0 Å². The quantitative estimate of drug-likeness (QED) is 0.851. The van der Waals surface area contributed by atoms with Crippen LogP contribution in [0, 0.1) is 5.92 Å². The molecule has 1 saturated heterocycles. The molecule has 2 aliphatic heterocycles. The van der Waals surface area contributed by atoms with E-state index >= 15 is 0 Å². The molecule has 2 heterocycles. The molecule has 0 radical (unpaired) electrons. The molecule has 3 rings (SSSR count). The minimum absolute atomic E-state index is 0.518. The number of fused-ring (bicyclic) bond motifs is 1. The molecule has 1 N–H and O–H groups in total. The second-order valence-corrected chi connectivity index (χ2v) is 7.49. The molecule has 0 saturated carbocycles. The molecule has 1 unspecified atom stereocenters. The Bertz CT molecular complexity index is 457. The standard InChI is InChI=1S/C18H27NOS/c1-2-8-19-17(12-14-6-10-21-11-7-14)15-3-4-18-16(13-15)5-9-20-18/h3-4,13-14,17,19H,2,5-12H2,1H3. The van der Waals surface area contributed by atoms with Crippen molar-refractivity contribution < 1.29 is 4.74 Å². The van der Waals surface area contributed by atoms with Gasteiger partial charge in [0.1, 0.15) is 5.75 Å². The van der Waals surface area contributed by atoms with E-state index in [0.29, 0.717) is 6.04 Å². The Kier molecular flexibility index (Phi) is 5.48. The highest BCUT2D eigenvalue weighted by Crippen LogP contribution is 2.34. The van der Waals surface area contributed by atoms with E-state index in [-0.39, 0.29) is 0 Å². The smallest absolute Gasteiger partial charge is 0.122 e. The van der Waals surface area contributed by atoms with Crippen LogP contribution in [-0.4, -0.2) is 24.7 Å². The molecule has 2 aliphatic rings. The largest absolute Gasteiger partial charge is 0.493 e. The zero-order valence-corrected chi connectivity index (χ0v) is 13.9. The van der Waals surface area contributed by atoms with Crippen LogP contribution in [0.25, 0.3) is 0 Å². The lowest BCUT2D eigenvalue weighted by atomic mass is 9.90. The van der Waals surface area contributed by atoms with Crippen LogP contribution >= 0.6 is 11.8 Å². The van der Waals surface area contributed by atoms with Crippen molar-refractivity contribution in [1.29, 1.82) is 0 Å². The molecule has 3 heteroatoms. The van der Waals surface area contributed by atoms with E-state index < -0.39 is 0 Å². The van der Waals surface area contributed by atoms with Crippen molar-refractivity contribution >= 4 is 11.8 Å². The lowest BCUT2D eigenvalue weighted by molar-refractivity contribution is 0.356. The molecule has 1 fully saturated rings. The molecule has 0 amide bonds. The Labute approximate surface area is 133 Å². The lowest BCUT2D eigenvalue weighted by Crippen LogP contribution is -2.26. The number of hydrogen-bond acceptors (Lipinski definition) is 3. The Morgan fingerprint density at radius 3 is 3.00 bits per heavy atom. The van der Waals surface area contributed by atoms with Crippen LogP contribution in [0.4, 0.5) is 0 Å². The van der Waals surface area contributed by atoms with Crippen LogP contribution in [0.5, 0.6) is 5.75 Å². The van der Waals surface area contributed by atoms with E-state index in [2.05, 4.69) is 42.2 Å². The van der Waals surface area contributed by atoms with Crippen LogP contribution in [0.3, 0.4) is 0 Å². The van der Waals surface area contributed by atoms with E-state index in [0.717, 1.165) is 31.2 Å². The minimum atomic E-state index is 0.518. The van der Waals surface area contributed by atoms with Gasteiger partial charge in [-0.1, -0.05) is 19.1 Å².